The highest BCUT2D eigenvalue weighted by atomic mass is 16.5. The Balaban J connectivity index is 2.06. The Morgan fingerprint density at radius 2 is 2.35 bits per heavy atom. The zero-order chi connectivity index (χ0) is 12.3. The first-order valence-electron chi connectivity index (χ1n) is 6.33. The summed E-state index contributed by atoms with van der Waals surface area (Å²) >= 11 is 0. The molecule has 0 spiro atoms. The normalized spacial score (nSPS) is 23.6. The van der Waals surface area contributed by atoms with Crippen LogP contribution < -0.4 is 5.73 Å². The number of rotatable bonds is 3. The van der Waals surface area contributed by atoms with Crippen LogP contribution >= 0.6 is 0 Å². The van der Waals surface area contributed by atoms with Crippen LogP contribution in [0.15, 0.2) is 24.3 Å². The first kappa shape index (κ1) is 12.6. The molecule has 3 heteroatoms. The molecule has 0 aromatic heterocycles. The van der Waals surface area contributed by atoms with Gasteiger partial charge in [0.15, 0.2) is 0 Å². The zero-order valence-electron chi connectivity index (χ0n) is 10.7. The second-order valence-corrected chi connectivity index (χ2v) is 4.81. The van der Waals surface area contributed by atoms with E-state index in [4.69, 9.17) is 10.5 Å². The standard InChI is InChI=1S/C14H22N2O/c1-11-4-3-5-13(8-11)12(2)16-6-7-17-14(9-15)10-16/h3-5,8,12,14H,6-7,9-10,15H2,1-2H3. The highest BCUT2D eigenvalue weighted by Gasteiger charge is 2.23. The van der Waals surface area contributed by atoms with Gasteiger partial charge in [-0.05, 0) is 19.4 Å². The fourth-order valence-electron chi connectivity index (χ4n) is 2.38. The van der Waals surface area contributed by atoms with Crippen LogP contribution in [0.25, 0.3) is 0 Å². The van der Waals surface area contributed by atoms with E-state index in [1.54, 1.807) is 0 Å². The van der Waals surface area contributed by atoms with Crippen molar-refractivity contribution in [3.63, 3.8) is 0 Å². The van der Waals surface area contributed by atoms with E-state index < -0.39 is 0 Å². The molecule has 1 heterocycles. The van der Waals surface area contributed by atoms with Gasteiger partial charge in [0, 0.05) is 25.7 Å². The quantitative estimate of drug-likeness (QED) is 0.865. The molecule has 1 aromatic rings. The number of nitrogens with two attached hydrogens (primary N) is 1. The fraction of sp³-hybridized carbons (Fsp3) is 0.571. The van der Waals surface area contributed by atoms with E-state index in [0.717, 1.165) is 19.7 Å². The van der Waals surface area contributed by atoms with Crippen molar-refractivity contribution in [2.45, 2.75) is 26.0 Å². The minimum Gasteiger partial charge on any atom is -0.374 e. The SMILES string of the molecule is Cc1cccc(C(C)N2CCOC(CN)C2)c1. The fourth-order valence-corrected chi connectivity index (χ4v) is 2.38. The van der Waals surface area contributed by atoms with E-state index in [0.29, 0.717) is 12.6 Å². The molecule has 1 aromatic carbocycles. The third-order valence-corrected chi connectivity index (χ3v) is 3.51. The summed E-state index contributed by atoms with van der Waals surface area (Å²) in [6.07, 6.45) is 0.191. The van der Waals surface area contributed by atoms with Crippen molar-refractivity contribution in [2.24, 2.45) is 5.73 Å². The van der Waals surface area contributed by atoms with Crippen molar-refractivity contribution in [1.29, 1.82) is 0 Å². The maximum absolute atomic E-state index is 5.68. The molecule has 0 saturated carbocycles. The second kappa shape index (κ2) is 5.63. The molecule has 2 N–H and O–H groups in total. The van der Waals surface area contributed by atoms with E-state index in [-0.39, 0.29) is 6.10 Å². The summed E-state index contributed by atoms with van der Waals surface area (Å²) < 4.78 is 5.60. The van der Waals surface area contributed by atoms with Crippen LogP contribution in [0, 0.1) is 6.92 Å². The van der Waals surface area contributed by atoms with Gasteiger partial charge in [0.2, 0.25) is 0 Å². The van der Waals surface area contributed by atoms with Crippen molar-refractivity contribution in [2.75, 3.05) is 26.2 Å². The number of nitrogens with zero attached hydrogens (tertiary/aromatic N) is 1. The molecule has 2 unspecified atom stereocenters. The molecule has 0 bridgehead atoms. The lowest BCUT2D eigenvalue weighted by Gasteiger charge is -2.36. The van der Waals surface area contributed by atoms with Gasteiger partial charge < -0.3 is 10.5 Å². The summed E-state index contributed by atoms with van der Waals surface area (Å²) in [7, 11) is 0. The topological polar surface area (TPSA) is 38.5 Å². The Kier molecular flexibility index (Phi) is 4.15. The second-order valence-electron chi connectivity index (χ2n) is 4.81. The highest BCUT2D eigenvalue weighted by molar-refractivity contribution is 5.24. The Morgan fingerprint density at radius 3 is 3.06 bits per heavy atom. The maximum Gasteiger partial charge on any atom is 0.0824 e. The largest absolute Gasteiger partial charge is 0.374 e. The Hall–Kier alpha value is -0.900. The highest BCUT2D eigenvalue weighted by Crippen LogP contribution is 2.22. The molecular formula is C14H22N2O. The van der Waals surface area contributed by atoms with E-state index in [9.17, 15) is 0 Å². The molecule has 0 aliphatic carbocycles. The summed E-state index contributed by atoms with van der Waals surface area (Å²) in [4.78, 5) is 2.45. The van der Waals surface area contributed by atoms with Crippen LogP contribution in [0.1, 0.15) is 24.1 Å². The average Bonchev–Trinajstić information content (AvgIpc) is 2.38. The van der Waals surface area contributed by atoms with Gasteiger partial charge in [-0.15, -0.1) is 0 Å². The minimum atomic E-state index is 0.191. The van der Waals surface area contributed by atoms with Gasteiger partial charge in [-0.2, -0.15) is 0 Å². The molecule has 2 atom stereocenters. The monoisotopic (exact) mass is 234 g/mol. The molecule has 3 nitrogen and oxygen atoms in total. The molecule has 0 radical (unpaired) electrons. The van der Waals surface area contributed by atoms with E-state index in [1.807, 2.05) is 0 Å². The summed E-state index contributed by atoms with van der Waals surface area (Å²) in [5.74, 6) is 0. The first-order chi connectivity index (χ1) is 8.20. The number of hydrogen-bond donors (Lipinski definition) is 1. The number of ether oxygens (including phenoxy) is 1. The van der Waals surface area contributed by atoms with Gasteiger partial charge in [-0.25, -0.2) is 0 Å². The van der Waals surface area contributed by atoms with Gasteiger partial charge in [0.1, 0.15) is 0 Å². The van der Waals surface area contributed by atoms with Crippen molar-refractivity contribution < 1.29 is 4.74 Å². The Morgan fingerprint density at radius 1 is 1.53 bits per heavy atom. The molecule has 1 aliphatic heterocycles. The third-order valence-electron chi connectivity index (χ3n) is 3.51. The van der Waals surface area contributed by atoms with Crippen LogP contribution in [-0.4, -0.2) is 37.2 Å². The van der Waals surface area contributed by atoms with Gasteiger partial charge in [0.25, 0.3) is 0 Å². The zero-order valence-corrected chi connectivity index (χ0v) is 10.7. The maximum atomic E-state index is 5.68. The molecule has 0 amide bonds. The molecule has 1 saturated heterocycles. The summed E-state index contributed by atoms with van der Waals surface area (Å²) in [5, 5.41) is 0. The third kappa shape index (κ3) is 3.06. The summed E-state index contributed by atoms with van der Waals surface area (Å²) in [5.41, 5.74) is 8.37. The van der Waals surface area contributed by atoms with E-state index in [1.165, 1.54) is 11.1 Å². The molecule has 2 rings (SSSR count). The number of hydrogen-bond acceptors (Lipinski definition) is 3. The van der Waals surface area contributed by atoms with Crippen molar-refractivity contribution in [3.8, 4) is 0 Å². The molecule has 1 fully saturated rings. The lowest BCUT2D eigenvalue weighted by atomic mass is 10.0. The predicted octanol–water partition coefficient (Wildman–Crippen LogP) is 1.72. The molecule has 1 aliphatic rings. The molecular weight excluding hydrogens is 212 g/mol. The van der Waals surface area contributed by atoms with Crippen LogP contribution in [0.4, 0.5) is 0 Å². The van der Waals surface area contributed by atoms with Crippen LogP contribution in [0.2, 0.25) is 0 Å². The van der Waals surface area contributed by atoms with Crippen LogP contribution in [0.5, 0.6) is 0 Å². The first-order valence-corrected chi connectivity index (χ1v) is 6.33. The average molecular weight is 234 g/mol. The number of aryl methyl sites for hydroxylation is 1. The lowest BCUT2D eigenvalue weighted by Crippen LogP contribution is -2.46. The summed E-state index contributed by atoms with van der Waals surface area (Å²) in [6.45, 7) is 7.72. The number of morpholine rings is 1. The molecule has 94 valence electrons. The Labute approximate surface area is 104 Å². The van der Waals surface area contributed by atoms with Gasteiger partial charge >= 0.3 is 0 Å². The number of benzene rings is 1. The molecule has 17 heavy (non-hydrogen) atoms. The predicted molar refractivity (Wildman–Crippen MR) is 70.0 cm³/mol. The van der Waals surface area contributed by atoms with E-state index in [2.05, 4.69) is 43.0 Å². The van der Waals surface area contributed by atoms with Gasteiger partial charge in [0.05, 0.1) is 12.7 Å². The lowest BCUT2D eigenvalue weighted by molar-refractivity contribution is -0.0364. The smallest absolute Gasteiger partial charge is 0.0824 e. The minimum absolute atomic E-state index is 0.191. The Bertz CT molecular complexity index is 367. The van der Waals surface area contributed by atoms with E-state index >= 15 is 0 Å². The van der Waals surface area contributed by atoms with Gasteiger partial charge in [-0.1, -0.05) is 29.8 Å². The van der Waals surface area contributed by atoms with Crippen molar-refractivity contribution in [3.05, 3.63) is 35.4 Å². The van der Waals surface area contributed by atoms with Crippen LogP contribution in [-0.2, 0) is 4.74 Å². The van der Waals surface area contributed by atoms with Gasteiger partial charge in [-0.3, -0.25) is 4.90 Å². The van der Waals surface area contributed by atoms with Crippen molar-refractivity contribution >= 4 is 0 Å². The van der Waals surface area contributed by atoms with Crippen LogP contribution in [0.3, 0.4) is 0 Å². The summed E-state index contributed by atoms with van der Waals surface area (Å²) in [6, 6.07) is 9.16. The van der Waals surface area contributed by atoms with Crippen molar-refractivity contribution in [1.82, 2.24) is 4.90 Å².